The van der Waals surface area contributed by atoms with E-state index in [0.717, 1.165) is 0 Å². The molecule has 0 spiro atoms. The molecule has 0 N–H and O–H groups in total. The fraction of sp³-hybridized carbons (Fsp3) is 0.429. The van der Waals surface area contributed by atoms with E-state index < -0.39 is 18.4 Å². The average Bonchev–Trinajstić information content (AvgIpc) is 2.33. The Morgan fingerprint density at radius 2 is 2.23 bits per heavy atom. The van der Waals surface area contributed by atoms with E-state index in [4.69, 9.17) is 0 Å². The van der Waals surface area contributed by atoms with Crippen molar-refractivity contribution in [1.82, 2.24) is 9.55 Å². The van der Waals surface area contributed by atoms with E-state index >= 15 is 0 Å². The van der Waals surface area contributed by atoms with E-state index in [1.165, 1.54) is 17.1 Å². The molecule has 3 nitrogen and oxygen atoms in total. The molecule has 0 atom stereocenters. The molecule has 0 radical (unpaired) electrons. The molecule has 0 aliphatic carbocycles. The first-order valence-corrected chi connectivity index (χ1v) is 3.46. The first kappa shape index (κ1) is 9.76. The number of hydrogen-bond acceptors (Lipinski definition) is 2. The van der Waals surface area contributed by atoms with Gasteiger partial charge in [-0.05, 0) is 0 Å². The van der Waals surface area contributed by atoms with Gasteiger partial charge in [-0.3, -0.25) is 4.79 Å². The predicted octanol–water partition coefficient (Wildman–Crippen LogP) is 1.09. The van der Waals surface area contributed by atoms with Crippen molar-refractivity contribution in [2.45, 2.75) is 12.6 Å². The lowest BCUT2D eigenvalue weighted by Gasteiger charge is -2.01. The van der Waals surface area contributed by atoms with Gasteiger partial charge in [0.25, 0.3) is 0 Å². The fourth-order valence-electron chi connectivity index (χ4n) is 0.823. The number of hydrogen-bond donors (Lipinski definition) is 0. The van der Waals surface area contributed by atoms with E-state index in [1.807, 2.05) is 0 Å². The van der Waals surface area contributed by atoms with Gasteiger partial charge < -0.3 is 4.57 Å². The van der Waals surface area contributed by atoms with Gasteiger partial charge >= 0.3 is 6.18 Å². The second-order valence-corrected chi connectivity index (χ2v) is 2.63. The van der Waals surface area contributed by atoms with Crippen LogP contribution in [0.25, 0.3) is 0 Å². The Balaban J connectivity index is 2.65. The summed E-state index contributed by atoms with van der Waals surface area (Å²) in [6, 6.07) is 0. The first-order chi connectivity index (χ1) is 5.89. The van der Waals surface area contributed by atoms with E-state index in [2.05, 4.69) is 4.98 Å². The van der Waals surface area contributed by atoms with Crippen LogP contribution in [0.1, 0.15) is 5.69 Å². The van der Waals surface area contributed by atoms with Gasteiger partial charge in [0.2, 0.25) is 5.78 Å². The molecule has 0 fully saturated rings. The minimum Gasteiger partial charge on any atom is -0.340 e. The molecule has 0 saturated heterocycles. The minimum atomic E-state index is -4.77. The van der Waals surface area contributed by atoms with Crippen molar-refractivity contribution in [3.8, 4) is 0 Å². The number of carbonyl (C=O) groups excluding carboxylic acids is 1. The van der Waals surface area contributed by atoms with E-state index in [-0.39, 0.29) is 5.69 Å². The summed E-state index contributed by atoms with van der Waals surface area (Å²) in [4.78, 5) is 14.1. The standard InChI is InChI=1S/C7H7F3N2O/c1-12-3-5(11-4-12)2-6(13)7(8,9)10/h3-4H,2H2,1H3. The summed E-state index contributed by atoms with van der Waals surface area (Å²) >= 11 is 0. The van der Waals surface area contributed by atoms with Gasteiger partial charge in [-0.15, -0.1) is 0 Å². The molecule has 1 aromatic rings. The van der Waals surface area contributed by atoms with Crippen molar-refractivity contribution >= 4 is 5.78 Å². The highest BCUT2D eigenvalue weighted by Gasteiger charge is 2.38. The second-order valence-electron chi connectivity index (χ2n) is 2.63. The number of alkyl halides is 3. The summed E-state index contributed by atoms with van der Waals surface area (Å²) in [5, 5.41) is 0. The normalized spacial score (nSPS) is 11.7. The Labute approximate surface area is 72.2 Å². The van der Waals surface area contributed by atoms with Crippen LogP contribution in [0, 0.1) is 0 Å². The molecule has 0 aliphatic heterocycles. The van der Waals surface area contributed by atoms with Crippen molar-refractivity contribution in [3.05, 3.63) is 18.2 Å². The van der Waals surface area contributed by atoms with E-state index in [1.54, 1.807) is 7.05 Å². The molecule has 1 rings (SSSR count). The molecular weight excluding hydrogens is 185 g/mol. The monoisotopic (exact) mass is 192 g/mol. The van der Waals surface area contributed by atoms with Crippen LogP contribution in [0.15, 0.2) is 12.5 Å². The molecule has 0 bridgehead atoms. The first-order valence-electron chi connectivity index (χ1n) is 3.46. The van der Waals surface area contributed by atoms with Crippen LogP contribution < -0.4 is 0 Å². The van der Waals surface area contributed by atoms with Crippen LogP contribution in [0.3, 0.4) is 0 Å². The van der Waals surface area contributed by atoms with Gasteiger partial charge in [0.05, 0.1) is 18.4 Å². The number of aryl methyl sites for hydroxylation is 1. The lowest BCUT2D eigenvalue weighted by molar-refractivity contribution is -0.170. The number of Topliss-reactive ketones (excluding diaryl/α,β-unsaturated/α-hetero) is 1. The van der Waals surface area contributed by atoms with Crippen molar-refractivity contribution < 1.29 is 18.0 Å². The van der Waals surface area contributed by atoms with E-state index in [0.29, 0.717) is 0 Å². The Morgan fingerprint density at radius 1 is 1.62 bits per heavy atom. The third-order valence-corrected chi connectivity index (χ3v) is 1.42. The summed E-state index contributed by atoms with van der Waals surface area (Å²) in [6.07, 6.45) is -2.73. The summed E-state index contributed by atoms with van der Waals surface area (Å²) < 4.78 is 36.8. The SMILES string of the molecule is Cn1cnc(CC(=O)C(F)(F)F)c1. The predicted molar refractivity (Wildman–Crippen MR) is 38.0 cm³/mol. The minimum absolute atomic E-state index is 0.129. The lowest BCUT2D eigenvalue weighted by Crippen LogP contribution is -2.24. The smallest absolute Gasteiger partial charge is 0.340 e. The topological polar surface area (TPSA) is 34.9 Å². The molecule has 13 heavy (non-hydrogen) atoms. The Bertz CT molecular complexity index is 316. The van der Waals surface area contributed by atoms with Crippen LogP contribution in [0.2, 0.25) is 0 Å². The molecule has 0 unspecified atom stereocenters. The van der Waals surface area contributed by atoms with Crippen LogP contribution in [-0.4, -0.2) is 21.5 Å². The maximum atomic E-state index is 11.8. The summed E-state index contributed by atoms with van der Waals surface area (Å²) in [6.45, 7) is 0. The maximum absolute atomic E-state index is 11.8. The fourth-order valence-corrected chi connectivity index (χ4v) is 0.823. The molecule has 0 aromatic carbocycles. The Hall–Kier alpha value is -1.33. The molecule has 1 aromatic heterocycles. The maximum Gasteiger partial charge on any atom is 0.450 e. The highest BCUT2D eigenvalue weighted by Crippen LogP contribution is 2.17. The van der Waals surface area contributed by atoms with Crippen molar-refractivity contribution in [1.29, 1.82) is 0 Å². The zero-order valence-electron chi connectivity index (χ0n) is 6.80. The van der Waals surface area contributed by atoms with Crippen LogP contribution in [0.4, 0.5) is 13.2 Å². The number of carbonyl (C=O) groups is 1. The zero-order valence-corrected chi connectivity index (χ0v) is 6.80. The van der Waals surface area contributed by atoms with Gasteiger partial charge in [0, 0.05) is 13.2 Å². The molecular formula is C7H7F3N2O. The van der Waals surface area contributed by atoms with Crippen LogP contribution in [-0.2, 0) is 18.3 Å². The highest BCUT2D eigenvalue weighted by atomic mass is 19.4. The molecule has 0 aliphatic rings. The van der Waals surface area contributed by atoms with Crippen LogP contribution >= 0.6 is 0 Å². The summed E-state index contributed by atoms with van der Waals surface area (Å²) in [5.41, 5.74) is 0.129. The largest absolute Gasteiger partial charge is 0.450 e. The molecule has 72 valence electrons. The number of aromatic nitrogens is 2. The summed E-state index contributed by atoms with van der Waals surface area (Å²) in [7, 11) is 1.62. The van der Waals surface area contributed by atoms with E-state index in [9.17, 15) is 18.0 Å². The molecule has 0 saturated carbocycles. The van der Waals surface area contributed by atoms with Crippen LogP contribution in [0.5, 0.6) is 0 Å². The molecule has 6 heteroatoms. The zero-order chi connectivity index (χ0) is 10.1. The quantitative estimate of drug-likeness (QED) is 0.703. The van der Waals surface area contributed by atoms with Gasteiger partial charge in [-0.2, -0.15) is 13.2 Å². The number of nitrogens with zero attached hydrogens (tertiary/aromatic N) is 2. The number of halogens is 3. The number of imidazole rings is 1. The van der Waals surface area contributed by atoms with Gasteiger partial charge in [0.1, 0.15) is 0 Å². The molecule has 0 amide bonds. The lowest BCUT2D eigenvalue weighted by atomic mass is 10.2. The van der Waals surface area contributed by atoms with Crippen molar-refractivity contribution in [2.75, 3.05) is 0 Å². The second kappa shape index (κ2) is 3.20. The van der Waals surface area contributed by atoms with Gasteiger partial charge in [-0.25, -0.2) is 4.98 Å². The van der Waals surface area contributed by atoms with Crippen molar-refractivity contribution in [3.63, 3.8) is 0 Å². The number of rotatable bonds is 2. The van der Waals surface area contributed by atoms with Gasteiger partial charge in [0.15, 0.2) is 0 Å². The third kappa shape index (κ3) is 2.57. The van der Waals surface area contributed by atoms with Crippen molar-refractivity contribution in [2.24, 2.45) is 7.05 Å². The highest BCUT2D eigenvalue weighted by molar-refractivity contribution is 5.85. The van der Waals surface area contributed by atoms with Gasteiger partial charge in [-0.1, -0.05) is 0 Å². The average molecular weight is 192 g/mol. The summed E-state index contributed by atoms with van der Waals surface area (Å²) in [5.74, 6) is -1.77. The number of ketones is 1. The Morgan fingerprint density at radius 3 is 2.62 bits per heavy atom. The Kier molecular flexibility index (Phi) is 2.40. The third-order valence-electron chi connectivity index (χ3n) is 1.42. The molecule has 1 heterocycles.